The molecule has 1 aliphatic rings. The maximum atomic E-state index is 9.98. The third kappa shape index (κ3) is 1.22. The SMILES string of the molecule is O=P[C@H]1CCCO1. The largest absolute Gasteiger partial charge is 0.366 e. The average Bonchev–Trinajstić information content (AvgIpc) is 2.14. The third-order valence-electron chi connectivity index (χ3n) is 1.02. The topological polar surface area (TPSA) is 26.3 Å². The van der Waals surface area contributed by atoms with Crippen molar-refractivity contribution in [3.8, 4) is 0 Å². The minimum absolute atomic E-state index is 0.0139. The highest BCUT2D eigenvalue weighted by Gasteiger charge is 2.13. The fraction of sp³-hybridized carbons (Fsp3) is 1.00. The van der Waals surface area contributed by atoms with Gasteiger partial charge in [0.1, 0.15) is 5.85 Å². The zero-order valence-electron chi connectivity index (χ0n) is 3.96. The summed E-state index contributed by atoms with van der Waals surface area (Å²) >= 11 is 0. The Balaban J connectivity index is 2.26. The molecular formula is C4H7O2P. The number of hydrogen-bond acceptors (Lipinski definition) is 2. The van der Waals surface area contributed by atoms with E-state index in [0.29, 0.717) is 0 Å². The summed E-state index contributed by atoms with van der Waals surface area (Å²) < 4.78 is 15.0. The molecule has 0 unspecified atom stereocenters. The molecule has 0 aromatic rings. The van der Waals surface area contributed by atoms with Crippen LogP contribution in [0.1, 0.15) is 12.8 Å². The van der Waals surface area contributed by atoms with Crippen molar-refractivity contribution in [2.75, 3.05) is 6.61 Å². The predicted molar refractivity (Wildman–Crippen MR) is 26.6 cm³/mol. The van der Waals surface area contributed by atoms with Gasteiger partial charge in [-0.15, -0.1) is 0 Å². The van der Waals surface area contributed by atoms with Crippen LogP contribution in [0.2, 0.25) is 0 Å². The summed E-state index contributed by atoms with van der Waals surface area (Å²) in [7, 11) is 0.150. The van der Waals surface area contributed by atoms with E-state index >= 15 is 0 Å². The van der Waals surface area contributed by atoms with Gasteiger partial charge in [0.15, 0.2) is 8.46 Å². The zero-order valence-corrected chi connectivity index (χ0v) is 4.86. The molecule has 3 heteroatoms. The summed E-state index contributed by atoms with van der Waals surface area (Å²) in [5.74, 6) is 0.0139. The van der Waals surface area contributed by atoms with Crippen LogP contribution in [0.15, 0.2) is 0 Å². The Morgan fingerprint density at radius 1 is 1.71 bits per heavy atom. The Labute approximate surface area is 44.1 Å². The van der Waals surface area contributed by atoms with Crippen molar-refractivity contribution >= 4 is 8.46 Å². The van der Waals surface area contributed by atoms with Crippen molar-refractivity contribution in [3.05, 3.63) is 0 Å². The first-order valence-corrected chi connectivity index (χ1v) is 3.25. The van der Waals surface area contributed by atoms with Gasteiger partial charge >= 0.3 is 0 Å². The van der Waals surface area contributed by atoms with Crippen LogP contribution in [0.4, 0.5) is 0 Å². The molecule has 0 N–H and O–H groups in total. The molecule has 0 saturated carbocycles. The van der Waals surface area contributed by atoms with Crippen LogP contribution in [0, 0.1) is 0 Å². The second-order valence-electron chi connectivity index (χ2n) is 1.57. The van der Waals surface area contributed by atoms with Gasteiger partial charge in [-0.05, 0) is 12.8 Å². The Kier molecular flexibility index (Phi) is 1.77. The van der Waals surface area contributed by atoms with E-state index in [1.807, 2.05) is 0 Å². The van der Waals surface area contributed by atoms with Gasteiger partial charge in [-0.25, -0.2) is 0 Å². The standard InChI is InChI=1S/C4H7O2P/c5-7-4-2-1-3-6-4/h4H,1-3H2/t4-/m0/s1. The summed E-state index contributed by atoms with van der Waals surface area (Å²) in [6.45, 7) is 0.792. The lowest BCUT2D eigenvalue weighted by Gasteiger charge is -1.91. The molecule has 0 aromatic carbocycles. The minimum Gasteiger partial charge on any atom is -0.366 e. The van der Waals surface area contributed by atoms with Gasteiger partial charge in [-0.1, -0.05) is 0 Å². The fourth-order valence-electron chi connectivity index (χ4n) is 0.644. The van der Waals surface area contributed by atoms with Crippen LogP contribution >= 0.6 is 8.46 Å². The van der Waals surface area contributed by atoms with E-state index in [1.165, 1.54) is 0 Å². The molecule has 1 heterocycles. The molecule has 1 saturated heterocycles. The average molecular weight is 118 g/mol. The summed E-state index contributed by atoms with van der Waals surface area (Å²) in [6.07, 6.45) is 2.03. The second-order valence-corrected chi connectivity index (χ2v) is 2.36. The van der Waals surface area contributed by atoms with E-state index in [1.54, 1.807) is 0 Å². The molecule has 0 spiro atoms. The lowest BCUT2D eigenvalue weighted by atomic mass is 10.4. The first kappa shape index (κ1) is 5.20. The molecule has 2 nitrogen and oxygen atoms in total. The van der Waals surface area contributed by atoms with E-state index in [0.717, 1.165) is 19.4 Å². The maximum absolute atomic E-state index is 9.98. The highest BCUT2D eigenvalue weighted by molar-refractivity contribution is 7.24. The van der Waals surface area contributed by atoms with Crippen LogP contribution in [-0.2, 0) is 9.30 Å². The van der Waals surface area contributed by atoms with E-state index in [4.69, 9.17) is 4.74 Å². The lowest BCUT2D eigenvalue weighted by Crippen LogP contribution is -1.90. The fourth-order valence-corrected chi connectivity index (χ4v) is 1.10. The summed E-state index contributed by atoms with van der Waals surface area (Å²) in [5.41, 5.74) is 0. The summed E-state index contributed by atoms with van der Waals surface area (Å²) in [4.78, 5) is 0. The van der Waals surface area contributed by atoms with Gasteiger partial charge in [0.05, 0.1) is 0 Å². The minimum atomic E-state index is 0.0139. The van der Waals surface area contributed by atoms with Crippen molar-refractivity contribution in [2.45, 2.75) is 18.7 Å². The molecule has 0 bridgehead atoms. The molecule has 1 fully saturated rings. The Hall–Kier alpha value is 0.0600. The molecule has 1 rings (SSSR count). The second kappa shape index (κ2) is 2.39. The van der Waals surface area contributed by atoms with Gasteiger partial charge in [0.2, 0.25) is 0 Å². The van der Waals surface area contributed by atoms with Gasteiger partial charge in [-0.3, -0.25) is 4.57 Å². The monoisotopic (exact) mass is 118 g/mol. The molecule has 1 atom stereocenters. The van der Waals surface area contributed by atoms with E-state index in [2.05, 4.69) is 0 Å². The van der Waals surface area contributed by atoms with E-state index in [9.17, 15) is 4.57 Å². The maximum Gasteiger partial charge on any atom is 0.187 e. The van der Waals surface area contributed by atoms with Gasteiger partial charge in [0.25, 0.3) is 0 Å². The number of rotatable bonds is 1. The molecule has 40 valence electrons. The van der Waals surface area contributed by atoms with Crippen LogP contribution in [0.3, 0.4) is 0 Å². The van der Waals surface area contributed by atoms with Crippen LogP contribution in [0.5, 0.6) is 0 Å². The van der Waals surface area contributed by atoms with Crippen LogP contribution < -0.4 is 0 Å². The zero-order chi connectivity index (χ0) is 5.11. The molecule has 0 radical (unpaired) electrons. The third-order valence-corrected chi connectivity index (χ3v) is 1.67. The van der Waals surface area contributed by atoms with E-state index < -0.39 is 0 Å². The molecule has 7 heavy (non-hydrogen) atoms. The quantitative estimate of drug-likeness (QED) is 0.486. The number of hydrogen-bond donors (Lipinski definition) is 0. The molecule has 0 aromatic heterocycles. The van der Waals surface area contributed by atoms with Crippen molar-refractivity contribution in [2.24, 2.45) is 0 Å². The highest BCUT2D eigenvalue weighted by atomic mass is 31.1. The molecule has 0 aliphatic carbocycles. The van der Waals surface area contributed by atoms with Crippen molar-refractivity contribution in [3.63, 3.8) is 0 Å². The van der Waals surface area contributed by atoms with Crippen molar-refractivity contribution < 1.29 is 9.30 Å². The van der Waals surface area contributed by atoms with Crippen molar-refractivity contribution in [1.82, 2.24) is 0 Å². The lowest BCUT2D eigenvalue weighted by molar-refractivity contribution is 0.169. The van der Waals surface area contributed by atoms with Gasteiger partial charge < -0.3 is 4.74 Å². The van der Waals surface area contributed by atoms with Crippen LogP contribution in [-0.4, -0.2) is 12.5 Å². The van der Waals surface area contributed by atoms with Crippen molar-refractivity contribution in [1.29, 1.82) is 0 Å². The highest BCUT2D eigenvalue weighted by Crippen LogP contribution is 2.20. The van der Waals surface area contributed by atoms with Gasteiger partial charge in [-0.2, -0.15) is 0 Å². The Morgan fingerprint density at radius 3 is 2.86 bits per heavy atom. The predicted octanol–water partition coefficient (Wildman–Crippen LogP) is 1.41. The summed E-state index contributed by atoms with van der Waals surface area (Å²) in [6, 6.07) is 0. The number of ether oxygens (including phenoxy) is 1. The Bertz CT molecular complexity index is 68.1. The first-order chi connectivity index (χ1) is 3.43. The Morgan fingerprint density at radius 2 is 2.57 bits per heavy atom. The van der Waals surface area contributed by atoms with E-state index in [-0.39, 0.29) is 14.3 Å². The van der Waals surface area contributed by atoms with Crippen LogP contribution in [0.25, 0.3) is 0 Å². The smallest absolute Gasteiger partial charge is 0.187 e. The van der Waals surface area contributed by atoms with Gasteiger partial charge in [0, 0.05) is 6.61 Å². The molecule has 1 aliphatic heterocycles. The molecular weight excluding hydrogens is 111 g/mol. The normalized spacial score (nSPS) is 31.7. The molecule has 0 amide bonds. The summed E-state index contributed by atoms with van der Waals surface area (Å²) in [5, 5.41) is 0. The first-order valence-electron chi connectivity index (χ1n) is 2.37.